The maximum atomic E-state index is 11.9. The van der Waals surface area contributed by atoms with Gasteiger partial charge in [0.25, 0.3) is 0 Å². The predicted molar refractivity (Wildman–Crippen MR) is 80.7 cm³/mol. The highest BCUT2D eigenvalue weighted by molar-refractivity contribution is 5.89. The lowest BCUT2D eigenvalue weighted by molar-refractivity contribution is 0.134. The van der Waals surface area contributed by atoms with Crippen molar-refractivity contribution in [3.63, 3.8) is 0 Å². The summed E-state index contributed by atoms with van der Waals surface area (Å²) >= 11 is 0. The molecule has 0 saturated heterocycles. The second kappa shape index (κ2) is 7.29. The minimum Gasteiger partial charge on any atom is -0.396 e. The summed E-state index contributed by atoms with van der Waals surface area (Å²) < 4.78 is 0. The van der Waals surface area contributed by atoms with Gasteiger partial charge in [-0.15, -0.1) is 0 Å². The maximum absolute atomic E-state index is 11.9. The molecule has 2 unspecified atom stereocenters. The summed E-state index contributed by atoms with van der Waals surface area (Å²) in [4.78, 5) is 11.9. The third kappa shape index (κ3) is 4.23. The Morgan fingerprint density at radius 3 is 2.75 bits per heavy atom. The summed E-state index contributed by atoms with van der Waals surface area (Å²) in [5.41, 5.74) is 1.93. The topological polar surface area (TPSA) is 61.4 Å². The molecule has 1 aromatic carbocycles. The Bertz CT molecular complexity index is 448. The molecule has 2 atom stereocenters. The Hall–Kier alpha value is -1.55. The molecule has 1 aliphatic carbocycles. The van der Waals surface area contributed by atoms with Crippen molar-refractivity contribution in [2.45, 2.75) is 32.6 Å². The molecular formula is C16H24N2O2. The lowest BCUT2D eigenvalue weighted by atomic mass is 9.80. The highest BCUT2D eigenvalue weighted by Crippen LogP contribution is 2.29. The van der Waals surface area contributed by atoms with Gasteiger partial charge in [0, 0.05) is 18.8 Å². The first-order valence-electron chi connectivity index (χ1n) is 7.41. The Labute approximate surface area is 120 Å². The molecule has 1 saturated carbocycles. The molecule has 1 fully saturated rings. The van der Waals surface area contributed by atoms with Gasteiger partial charge in [-0.3, -0.25) is 0 Å². The second-order valence-corrected chi connectivity index (χ2v) is 5.69. The van der Waals surface area contributed by atoms with Crippen molar-refractivity contribution < 1.29 is 9.90 Å². The number of benzene rings is 1. The van der Waals surface area contributed by atoms with Gasteiger partial charge < -0.3 is 15.7 Å². The lowest BCUT2D eigenvalue weighted by Gasteiger charge is -2.30. The van der Waals surface area contributed by atoms with Gasteiger partial charge in [0.15, 0.2) is 0 Å². The largest absolute Gasteiger partial charge is 0.396 e. The summed E-state index contributed by atoms with van der Waals surface area (Å²) in [5.74, 6) is 0.736. The molecule has 0 spiro atoms. The molecule has 2 rings (SSSR count). The Balaban J connectivity index is 1.79. The summed E-state index contributed by atoms with van der Waals surface area (Å²) in [6.07, 6.45) is 4.55. The van der Waals surface area contributed by atoms with E-state index in [4.69, 9.17) is 0 Å². The van der Waals surface area contributed by atoms with Gasteiger partial charge in [0.05, 0.1) is 0 Å². The molecule has 110 valence electrons. The van der Waals surface area contributed by atoms with Crippen molar-refractivity contribution in [3.05, 3.63) is 29.8 Å². The number of anilines is 1. The van der Waals surface area contributed by atoms with E-state index in [9.17, 15) is 9.90 Å². The van der Waals surface area contributed by atoms with Gasteiger partial charge in [-0.1, -0.05) is 25.0 Å². The number of nitrogens with one attached hydrogen (secondary N) is 2. The zero-order valence-electron chi connectivity index (χ0n) is 12.1. The zero-order chi connectivity index (χ0) is 14.4. The number of hydrogen-bond acceptors (Lipinski definition) is 2. The van der Waals surface area contributed by atoms with Crippen molar-refractivity contribution in [1.82, 2.24) is 5.32 Å². The first kappa shape index (κ1) is 14.9. The molecule has 2 amide bonds. The minimum absolute atomic E-state index is 0.169. The maximum Gasteiger partial charge on any atom is 0.319 e. The molecule has 0 radical (unpaired) electrons. The van der Waals surface area contributed by atoms with Gasteiger partial charge >= 0.3 is 6.03 Å². The van der Waals surface area contributed by atoms with Gasteiger partial charge in [0.1, 0.15) is 0 Å². The van der Waals surface area contributed by atoms with E-state index in [0.717, 1.165) is 24.1 Å². The standard InChI is InChI=1S/C16H24N2O2/c1-12-5-4-8-15(9-12)18-16(20)17-10-13-6-2-3-7-14(13)11-19/h4-5,8-9,13-14,19H,2-3,6-7,10-11H2,1H3,(H2,17,18,20). The molecule has 1 aromatic rings. The summed E-state index contributed by atoms with van der Waals surface area (Å²) in [7, 11) is 0. The molecule has 20 heavy (non-hydrogen) atoms. The number of aryl methyl sites for hydroxylation is 1. The fourth-order valence-electron chi connectivity index (χ4n) is 2.92. The Morgan fingerprint density at radius 1 is 1.30 bits per heavy atom. The van der Waals surface area contributed by atoms with Gasteiger partial charge in [-0.25, -0.2) is 4.79 Å². The van der Waals surface area contributed by atoms with Crippen LogP contribution in [0.5, 0.6) is 0 Å². The number of aliphatic hydroxyl groups excluding tert-OH is 1. The number of carbonyl (C=O) groups is 1. The second-order valence-electron chi connectivity index (χ2n) is 5.69. The van der Waals surface area contributed by atoms with Crippen LogP contribution >= 0.6 is 0 Å². The number of rotatable bonds is 4. The number of hydrogen-bond donors (Lipinski definition) is 3. The van der Waals surface area contributed by atoms with E-state index >= 15 is 0 Å². The lowest BCUT2D eigenvalue weighted by Crippen LogP contribution is -2.37. The van der Waals surface area contributed by atoms with Crippen LogP contribution in [0.2, 0.25) is 0 Å². The van der Waals surface area contributed by atoms with Crippen LogP contribution in [0.4, 0.5) is 10.5 Å². The minimum atomic E-state index is -0.169. The van der Waals surface area contributed by atoms with Crippen molar-refractivity contribution in [3.8, 4) is 0 Å². The number of carbonyl (C=O) groups excluding carboxylic acids is 1. The third-order valence-corrected chi connectivity index (χ3v) is 4.10. The Morgan fingerprint density at radius 2 is 2.05 bits per heavy atom. The fourth-order valence-corrected chi connectivity index (χ4v) is 2.92. The van der Waals surface area contributed by atoms with Crippen molar-refractivity contribution in [2.75, 3.05) is 18.5 Å². The predicted octanol–water partition coefficient (Wildman–Crippen LogP) is 2.92. The van der Waals surface area contributed by atoms with Crippen molar-refractivity contribution in [1.29, 1.82) is 0 Å². The highest BCUT2D eigenvalue weighted by atomic mass is 16.3. The average Bonchev–Trinajstić information content (AvgIpc) is 2.45. The summed E-state index contributed by atoms with van der Waals surface area (Å²) in [5, 5.41) is 15.1. The Kier molecular flexibility index (Phi) is 5.41. The van der Waals surface area contributed by atoms with Crippen LogP contribution in [0, 0.1) is 18.8 Å². The van der Waals surface area contributed by atoms with Gasteiger partial charge in [-0.2, -0.15) is 0 Å². The van der Waals surface area contributed by atoms with E-state index in [1.165, 1.54) is 12.8 Å². The molecule has 0 aliphatic heterocycles. The van der Waals surface area contributed by atoms with Crippen LogP contribution < -0.4 is 10.6 Å². The molecule has 3 N–H and O–H groups in total. The van der Waals surface area contributed by atoms with Crippen LogP contribution in [0.15, 0.2) is 24.3 Å². The van der Waals surface area contributed by atoms with Crippen molar-refractivity contribution >= 4 is 11.7 Å². The van der Waals surface area contributed by atoms with Crippen LogP contribution in [0.25, 0.3) is 0 Å². The summed E-state index contributed by atoms with van der Waals surface area (Å²) in [6, 6.07) is 7.57. The van der Waals surface area contributed by atoms with Gasteiger partial charge in [0.2, 0.25) is 0 Å². The molecule has 0 aromatic heterocycles. The van der Waals surface area contributed by atoms with Crippen LogP contribution in [0.3, 0.4) is 0 Å². The smallest absolute Gasteiger partial charge is 0.319 e. The molecular weight excluding hydrogens is 252 g/mol. The first-order valence-corrected chi connectivity index (χ1v) is 7.41. The number of urea groups is 1. The van der Waals surface area contributed by atoms with Crippen LogP contribution in [-0.2, 0) is 0 Å². The van der Waals surface area contributed by atoms with E-state index in [2.05, 4.69) is 10.6 Å². The van der Waals surface area contributed by atoms with E-state index in [1.54, 1.807) is 0 Å². The summed E-state index contributed by atoms with van der Waals surface area (Å²) in [6.45, 7) is 2.87. The fraction of sp³-hybridized carbons (Fsp3) is 0.562. The van der Waals surface area contributed by atoms with E-state index in [-0.39, 0.29) is 12.6 Å². The van der Waals surface area contributed by atoms with Crippen molar-refractivity contribution in [2.24, 2.45) is 11.8 Å². The SMILES string of the molecule is Cc1cccc(NC(=O)NCC2CCCCC2CO)c1. The molecule has 0 bridgehead atoms. The monoisotopic (exact) mass is 276 g/mol. The number of amides is 2. The molecule has 4 heteroatoms. The van der Waals surface area contributed by atoms with E-state index in [1.807, 2.05) is 31.2 Å². The molecule has 0 heterocycles. The van der Waals surface area contributed by atoms with E-state index in [0.29, 0.717) is 18.4 Å². The zero-order valence-corrected chi connectivity index (χ0v) is 12.1. The average molecular weight is 276 g/mol. The van der Waals surface area contributed by atoms with Gasteiger partial charge in [-0.05, 0) is 49.3 Å². The number of aliphatic hydroxyl groups is 1. The third-order valence-electron chi connectivity index (χ3n) is 4.10. The molecule has 4 nitrogen and oxygen atoms in total. The van der Waals surface area contributed by atoms with Crippen LogP contribution in [0.1, 0.15) is 31.2 Å². The normalized spacial score (nSPS) is 22.3. The van der Waals surface area contributed by atoms with Crippen LogP contribution in [-0.4, -0.2) is 24.3 Å². The molecule has 1 aliphatic rings. The highest BCUT2D eigenvalue weighted by Gasteiger charge is 2.24. The quantitative estimate of drug-likeness (QED) is 0.792. The first-order chi connectivity index (χ1) is 9.69. The van der Waals surface area contributed by atoms with E-state index < -0.39 is 0 Å².